The fraction of sp³-hybridized carbons (Fsp3) is 0.0606. The predicted octanol–water partition coefficient (Wildman–Crippen LogP) is 5.26. The SMILES string of the molecule is Cc1cc(-c2cccs2)cc(C)c2c(-c3cc(-c4ccccc4)[o+]c(-c4ccccc4)c3)ccc1-2.[O-][Cl+3]([O-])([O-])[O-]. The third kappa shape index (κ3) is 6.46. The lowest BCUT2D eigenvalue weighted by Gasteiger charge is -2.17. The first-order valence-corrected chi connectivity index (χ1v) is 14.6. The molecule has 0 saturated heterocycles. The zero-order valence-corrected chi connectivity index (χ0v) is 23.4. The minimum absolute atomic E-state index is 0.866. The Balaban J connectivity index is 0.000000595. The van der Waals surface area contributed by atoms with Crippen molar-refractivity contribution in [1.82, 2.24) is 0 Å². The average Bonchev–Trinajstić information content (AvgIpc) is 3.61. The molecule has 0 radical (unpaired) electrons. The molecule has 2 aromatic carbocycles. The van der Waals surface area contributed by atoms with Crippen LogP contribution in [0.5, 0.6) is 0 Å². The van der Waals surface area contributed by atoms with Crippen LogP contribution in [0, 0.1) is 24.1 Å². The first-order chi connectivity index (χ1) is 19.2. The van der Waals surface area contributed by atoms with Crippen LogP contribution >= 0.6 is 11.3 Å². The van der Waals surface area contributed by atoms with Crippen LogP contribution < -0.4 is 18.6 Å². The van der Waals surface area contributed by atoms with Crippen molar-refractivity contribution in [2.45, 2.75) is 13.8 Å². The molecule has 6 rings (SSSR count). The Morgan fingerprint density at radius 2 is 1.07 bits per heavy atom. The minimum Gasteiger partial charge on any atom is -0.222 e. The summed E-state index contributed by atoms with van der Waals surface area (Å²) in [5.41, 5.74) is 11.0. The molecule has 2 aromatic heterocycles. The summed E-state index contributed by atoms with van der Waals surface area (Å²) in [5.74, 6) is 1.73. The highest BCUT2D eigenvalue weighted by molar-refractivity contribution is 7.13. The van der Waals surface area contributed by atoms with Gasteiger partial charge in [0.1, 0.15) is 0 Å². The molecule has 0 N–H and O–H groups in total. The molecule has 200 valence electrons. The van der Waals surface area contributed by atoms with E-state index in [9.17, 15) is 0 Å². The normalized spacial score (nSPS) is 11.2. The van der Waals surface area contributed by atoms with E-state index in [1.54, 1.807) is 11.3 Å². The molecule has 5 nitrogen and oxygen atoms in total. The zero-order valence-electron chi connectivity index (χ0n) is 21.8. The topological polar surface area (TPSA) is 104 Å². The maximum absolute atomic E-state index is 8.49. The van der Waals surface area contributed by atoms with E-state index in [1.165, 1.54) is 38.3 Å². The van der Waals surface area contributed by atoms with E-state index in [0.717, 1.165) is 28.2 Å². The molecule has 2 aliphatic carbocycles. The molecular formula is C33H25ClO5S. The van der Waals surface area contributed by atoms with Crippen molar-refractivity contribution in [3.05, 3.63) is 126 Å². The molecular weight excluding hydrogens is 544 g/mol. The number of hydrogen-bond donors (Lipinski definition) is 0. The van der Waals surface area contributed by atoms with Crippen LogP contribution in [0.25, 0.3) is 55.3 Å². The van der Waals surface area contributed by atoms with Crippen molar-refractivity contribution < 1.29 is 33.3 Å². The van der Waals surface area contributed by atoms with Gasteiger partial charge in [-0.2, -0.15) is 0 Å². The van der Waals surface area contributed by atoms with Crippen LogP contribution in [0.15, 0.2) is 119 Å². The van der Waals surface area contributed by atoms with E-state index in [0.29, 0.717) is 0 Å². The first kappa shape index (κ1) is 27.7. The monoisotopic (exact) mass is 568 g/mol. The Morgan fingerprint density at radius 3 is 1.60 bits per heavy atom. The third-order valence-corrected chi connectivity index (χ3v) is 7.46. The van der Waals surface area contributed by atoms with Crippen molar-refractivity contribution in [1.29, 1.82) is 0 Å². The van der Waals surface area contributed by atoms with Crippen LogP contribution in [-0.4, -0.2) is 0 Å². The summed E-state index contributed by atoms with van der Waals surface area (Å²) < 4.78 is 40.4. The third-order valence-electron chi connectivity index (χ3n) is 6.54. The van der Waals surface area contributed by atoms with Gasteiger partial charge in [-0.1, -0.05) is 54.6 Å². The second-order valence-electron chi connectivity index (χ2n) is 9.31. The quantitative estimate of drug-likeness (QED) is 0.270. The van der Waals surface area contributed by atoms with Gasteiger partial charge < -0.3 is 0 Å². The van der Waals surface area contributed by atoms with E-state index < -0.39 is 10.2 Å². The van der Waals surface area contributed by atoms with E-state index in [4.69, 9.17) is 23.1 Å². The number of thiophene rings is 1. The van der Waals surface area contributed by atoms with Crippen molar-refractivity contribution >= 4 is 11.3 Å². The molecule has 2 aliphatic rings. The Hall–Kier alpha value is -3.88. The molecule has 0 fully saturated rings. The summed E-state index contributed by atoms with van der Waals surface area (Å²) >= 11 is 1.79. The number of aryl methyl sites for hydroxylation is 2. The summed E-state index contributed by atoms with van der Waals surface area (Å²) in [5, 5.41) is 2.14. The highest BCUT2D eigenvalue weighted by atomic mass is 35.7. The van der Waals surface area contributed by atoms with Crippen LogP contribution in [0.1, 0.15) is 11.1 Å². The summed E-state index contributed by atoms with van der Waals surface area (Å²) in [4.78, 5) is 1.30. The zero-order chi connectivity index (χ0) is 28.3. The highest BCUT2D eigenvalue weighted by Gasteiger charge is 2.23. The van der Waals surface area contributed by atoms with Gasteiger partial charge in [-0.05, 0) is 95.1 Å². The van der Waals surface area contributed by atoms with E-state index in [-0.39, 0.29) is 0 Å². The summed E-state index contributed by atoms with van der Waals surface area (Å²) in [6.07, 6.45) is 0. The van der Waals surface area contributed by atoms with Gasteiger partial charge >= 0.3 is 11.5 Å². The predicted molar refractivity (Wildman–Crippen MR) is 149 cm³/mol. The fourth-order valence-corrected chi connectivity index (χ4v) is 5.58. The second-order valence-corrected chi connectivity index (χ2v) is 11.0. The molecule has 4 aromatic rings. The van der Waals surface area contributed by atoms with Crippen LogP contribution in [0.4, 0.5) is 0 Å². The molecule has 0 unspecified atom stereocenters. The molecule has 0 amide bonds. The number of halogens is 1. The number of benzene rings is 2. The standard InChI is InChI=1S/C33H25OS.ClHO4/c1-22-18-27(32-14-9-17-35-32)19-23(2)33-28(22)15-16-29(33)26-20-30(24-10-5-3-6-11-24)34-31(21-26)25-12-7-4-8-13-25;2-1(3,4)5/h3-21H,1-2H3;(H,2,3,4,5)/q+1;/p-1. The molecule has 0 atom stereocenters. The Labute approximate surface area is 239 Å². The summed E-state index contributed by atoms with van der Waals surface area (Å²) in [7, 11) is -4.94. The number of hydrogen-bond acceptors (Lipinski definition) is 5. The molecule has 2 heterocycles. The van der Waals surface area contributed by atoms with Gasteiger partial charge in [0.2, 0.25) is 0 Å². The lowest BCUT2D eigenvalue weighted by Crippen LogP contribution is -2.68. The fourth-order valence-electron chi connectivity index (χ4n) is 4.86. The minimum atomic E-state index is -4.94. The lowest BCUT2D eigenvalue weighted by atomic mass is 9.96. The van der Waals surface area contributed by atoms with E-state index >= 15 is 0 Å². The van der Waals surface area contributed by atoms with Gasteiger partial charge in [-0.25, -0.2) is 23.1 Å². The largest absolute Gasteiger partial charge is 0.361 e. The lowest BCUT2D eigenvalue weighted by molar-refractivity contribution is -2.00. The van der Waals surface area contributed by atoms with E-state index in [2.05, 4.69) is 116 Å². The van der Waals surface area contributed by atoms with Gasteiger partial charge in [-0.3, -0.25) is 0 Å². The molecule has 0 spiro atoms. The summed E-state index contributed by atoms with van der Waals surface area (Å²) in [6, 6.07) is 38.5. The van der Waals surface area contributed by atoms with Crippen molar-refractivity contribution in [3.8, 4) is 55.3 Å². The Morgan fingerprint density at radius 1 is 0.550 bits per heavy atom. The molecule has 0 aliphatic heterocycles. The van der Waals surface area contributed by atoms with Gasteiger partial charge in [0.05, 0.1) is 23.3 Å². The van der Waals surface area contributed by atoms with Crippen LogP contribution in [-0.2, 0) is 0 Å². The van der Waals surface area contributed by atoms with Crippen molar-refractivity contribution in [2.24, 2.45) is 0 Å². The van der Waals surface area contributed by atoms with Crippen LogP contribution in [0.2, 0.25) is 0 Å². The molecule has 0 saturated carbocycles. The second kappa shape index (κ2) is 11.7. The molecule has 40 heavy (non-hydrogen) atoms. The maximum Gasteiger partial charge on any atom is 0.361 e. The van der Waals surface area contributed by atoms with Gasteiger partial charge in [0, 0.05) is 10.4 Å². The first-order valence-electron chi connectivity index (χ1n) is 12.5. The van der Waals surface area contributed by atoms with Crippen molar-refractivity contribution in [3.63, 3.8) is 0 Å². The smallest absolute Gasteiger partial charge is 0.222 e. The highest BCUT2D eigenvalue weighted by Crippen LogP contribution is 2.43. The average molecular weight is 569 g/mol. The van der Waals surface area contributed by atoms with Gasteiger partial charge in [0.25, 0.3) is 0 Å². The van der Waals surface area contributed by atoms with Crippen LogP contribution in [0.3, 0.4) is 0 Å². The molecule has 0 bridgehead atoms. The van der Waals surface area contributed by atoms with Gasteiger partial charge in [-0.15, -0.1) is 21.6 Å². The summed E-state index contributed by atoms with van der Waals surface area (Å²) in [6.45, 7) is 4.44. The maximum atomic E-state index is 8.49. The Bertz CT molecular complexity index is 1630. The van der Waals surface area contributed by atoms with E-state index in [1.807, 2.05) is 12.1 Å². The molecule has 7 heteroatoms. The van der Waals surface area contributed by atoms with Gasteiger partial charge in [0.15, 0.2) is 0 Å². The van der Waals surface area contributed by atoms with Crippen molar-refractivity contribution in [2.75, 3.05) is 0 Å². The Kier molecular flexibility index (Phi) is 8.09. The number of rotatable bonds is 4. The number of fused-ring (bicyclic) bond motifs is 1.